The van der Waals surface area contributed by atoms with Crippen LogP contribution in [0.25, 0.3) is 105 Å². The Balaban J connectivity index is 1.16. The van der Waals surface area contributed by atoms with Gasteiger partial charge in [-0.05, 0) is 85.6 Å². The average Bonchev–Trinajstić information content (AvgIpc) is 3.84. The first-order chi connectivity index (χ1) is 26.8. The van der Waals surface area contributed by atoms with Crippen LogP contribution in [0.4, 0.5) is 0 Å². The molecule has 0 bridgehead atoms. The number of rotatable bonds is 5. The van der Waals surface area contributed by atoms with E-state index in [0.717, 1.165) is 27.9 Å². The van der Waals surface area contributed by atoms with Crippen molar-refractivity contribution in [3.8, 4) is 50.7 Å². The lowest BCUT2D eigenvalue weighted by atomic mass is 9.92. The maximum Gasteiger partial charge on any atom is 0.227 e. The van der Waals surface area contributed by atoms with E-state index in [1.807, 2.05) is 24.3 Å². The molecule has 0 saturated carbocycles. The third-order valence-corrected chi connectivity index (χ3v) is 10.8. The Kier molecular flexibility index (Phi) is 6.86. The minimum atomic E-state index is 0.634. The smallest absolute Gasteiger partial charge is 0.227 e. The van der Waals surface area contributed by atoms with Crippen LogP contribution in [0.2, 0.25) is 0 Å². The number of para-hydroxylation sites is 2. The van der Waals surface area contributed by atoms with Crippen molar-refractivity contribution in [2.75, 3.05) is 0 Å². The molecule has 0 unspecified atom stereocenters. The summed E-state index contributed by atoms with van der Waals surface area (Å²) < 4.78 is 8.57. The van der Waals surface area contributed by atoms with Gasteiger partial charge in [-0.1, -0.05) is 158 Å². The van der Waals surface area contributed by atoms with E-state index >= 15 is 0 Å². The third-order valence-electron chi connectivity index (χ3n) is 10.8. The van der Waals surface area contributed by atoms with E-state index in [-0.39, 0.29) is 0 Å². The molecular formula is C51H32N2O. The molecule has 2 aromatic heterocycles. The molecule has 9 aromatic carbocycles. The molecule has 2 heterocycles. The lowest BCUT2D eigenvalue weighted by Crippen LogP contribution is -1.98. The molecule has 0 saturated heterocycles. The lowest BCUT2D eigenvalue weighted by Gasteiger charge is -2.16. The van der Waals surface area contributed by atoms with E-state index < -0.39 is 0 Å². The summed E-state index contributed by atoms with van der Waals surface area (Å²) in [6.45, 7) is 0. The van der Waals surface area contributed by atoms with E-state index in [4.69, 9.17) is 9.40 Å². The summed E-state index contributed by atoms with van der Waals surface area (Å²) in [4.78, 5) is 4.72. The highest BCUT2D eigenvalue weighted by Gasteiger charge is 2.24. The van der Waals surface area contributed by atoms with Crippen molar-refractivity contribution < 1.29 is 4.42 Å². The number of hydrogen-bond donors (Lipinski definition) is 0. The fraction of sp³-hybridized carbons (Fsp3) is 0. The maximum atomic E-state index is 6.07. The van der Waals surface area contributed by atoms with Crippen molar-refractivity contribution >= 4 is 54.3 Å². The number of nitrogens with zero attached hydrogens (tertiary/aromatic N) is 2. The van der Waals surface area contributed by atoms with Crippen LogP contribution in [0.3, 0.4) is 0 Å². The third kappa shape index (κ3) is 4.79. The number of benzene rings is 9. The van der Waals surface area contributed by atoms with Gasteiger partial charge >= 0.3 is 0 Å². The second-order valence-corrected chi connectivity index (χ2v) is 13.9. The molecule has 0 amide bonds. The lowest BCUT2D eigenvalue weighted by molar-refractivity contribution is 0.620. The molecule has 0 atom stereocenters. The Morgan fingerprint density at radius 3 is 1.87 bits per heavy atom. The predicted molar refractivity (Wildman–Crippen MR) is 225 cm³/mol. The Labute approximate surface area is 312 Å². The second-order valence-electron chi connectivity index (χ2n) is 13.9. The SMILES string of the molecule is c1ccc(-c2c(-c3ccccc3)n(-c3ccc4ccccc4c3)c3c2ccc2c4cccc(-c5ccc(-c6nc7ccccc7o6)cc5)c4ccc23)cc1. The summed E-state index contributed by atoms with van der Waals surface area (Å²) in [7, 11) is 0. The first-order valence-corrected chi connectivity index (χ1v) is 18.4. The van der Waals surface area contributed by atoms with Crippen LogP contribution in [0.5, 0.6) is 0 Å². The highest BCUT2D eigenvalue weighted by Crippen LogP contribution is 2.46. The highest BCUT2D eigenvalue weighted by atomic mass is 16.3. The number of hydrogen-bond acceptors (Lipinski definition) is 2. The van der Waals surface area contributed by atoms with Crippen molar-refractivity contribution in [3.63, 3.8) is 0 Å². The van der Waals surface area contributed by atoms with Crippen LogP contribution in [-0.2, 0) is 0 Å². The molecule has 0 spiro atoms. The fourth-order valence-corrected chi connectivity index (χ4v) is 8.33. The molecule has 0 aliphatic carbocycles. The zero-order valence-electron chi connectivity index (χ0n) is 29.3. The van der Waals surface area contributed by atoms with Gasteiger partial charge in [0, 0.05) is 27.6 Å². The van der Waals surface area contributed by atoms with Gasteiger partial charge < -0.3 is 8.98 Å². The van der Waals surface area contributed by atoms with Gasteiger partial charge in [-0.25, -0.2) is 4.98 Å². The number of aromatic nitrogens is 2. The Morgan fingerprint density at radius 1 is 0.407 bits per heavy atom. The topological polar surface area (TPSA) is 31.0 Å². The summed E-state index contributed by atoms with van der Waals surface area (Å²) in [6, 6.07) is 69.6. The van der Waals surface area contributed by atoms with Gasteiger partial charge in [0.2, 0.25) is 5.89 Å². The van der Waals surface area contributed by atoms with Gasteiger partial charge in [-0.2, -0.15) is 0 Å². The highest BCUT2D eigenvalue weighted by molar-refractivity contribution is 6.22. The van der Waals surface area contributed by atoms with Crippen molar-refractivity contribution in [3.05, 3.63) is 194 Å². The first kappa shape index (κ1) is 30.4. The van der Waals surface area contributed by atoms with Gasteiger partial charge in [0.05, 0.1) is 11.2 Å². The summed E-state index contributed by atoms with van der Waals surface area (Å²) >= 11 is 0. The number of fused-ring (bicyclic) bond motifs is 7. The van der Waals surface area contributed by atoms with E-state index in [9.17, 15) is 0 Å². The standard InChI is InChI=1S/C51H32N2O/c1-3-13-35(14-4-1)48-45-31-29-43-41-19-11-18-40(34-22-24-37(25-23-34)51-52-46-20-9-10-21-47(46)54-51)42(41)28-30-44(43)50(45)53(49(48)36-15-5-2-6-16-36)39-27-26-33-12-7-8-17-38(33)32-39/h1-32H. The normalized spacial score (nSPS) is 11.7. The molecule has 11 aromatic rings. The Morgan fingerprint density at radius 2 is 1.06 bits per heavy atom. The van der Waals surface area contributed by atoms with Gasteiger partial charge in [-0.3, -0.25) is 0 Å². The molecule has 11 rings (SSSR count). The Hall–Kier alpha value is -7.23. The molecular weight excluding hydrogens is 657 g/mol. The quantitative estimate of drug-likeness (QED) is 0.169. The molecule has 0 N–H and O–H groups in total. The van der Waals surface area contributed by atoms with Crippen LogP contribution >= 0.6 is 0 Å². The maximum absolute atomic E-state index is 6.07. The number of oxazole rings is 1. The molecule has 3 nitrogen and oxygen atoms in total. The second kappa shape index (κ2) is 12.2. The summed E-state index contributed by atoms with van der Waals surface area (Å²) in [5, 5.41) is 8.56. The van der Waals surface area contributed by atoms with Gasteiger partial charge in [0.1, 0.15) is 5.52 Å². The van der Waals surface area contributed by atoms with Crippen LogP contribution in [0, 0.1) is 0 Å². The van der Waals surface area contributed by atoms with Gasteiger partial charge in [0.15, 0.2) is 5.58 Å². The fourth-order valence-electron chi connectivity index (χ4n) is 8.33. The van der Waals surface area contributed by atoms with Gasteiger partial charge in [-0.15, -0.1) is 0 Å². The zero-order valence-corrected chi connectivity index (χ0v) is 29.3. The van der Waals surface area contributed by atoms with Crippen molar-refractivity contribution in [1.29, 1.82) is 0 Å². The van der Waals surface area contributed by atoms with Crippen molar-refractivity contribution in [2.24, 2.45) is 0 Å². The molecule has 0 aliphatic rings. The summed E-state index contributed by atoms with van der Waals surface area (Å²) in [5.74, 6) is 0.634. The van der Waals surface area contributed by atoms with Crippen LogP contribution < -0.4 is 0 Å². The van der Waals surface area contributed by atoms with Gasteiger partial charge in [0.25, 0.3) is 0 Å². The zero-order chi connectivity index (χ0) is 35.6. The van der Waals surface area contributed by atoms with Crippen LogP contribution in [0.15, 0.2) is 199 Å². The largest absolute Gasteiger partial charge is 0.436 e. The molecule has 3 heteroatoms. The van der Waals surface area contributed by atoms with Crippen LogP contribution in [-0.4, -0.2) is 9.55 Å². The average molecular weight is 689 g/mol. The summed E-state index contributed by atoms with van der Waals surface area (Å²) in [5.41, 5.74) is 12.1. The predicted octanol–water partition coefficient (Wildman–Crippen LogP) is 13.9. The molecule has 0 fully saturated rings. The monoisotopic (exact) mass is 688 g/mol. The van der Waals surface area contributed by atoms with E-state index in [1.54, 1.807) is 0 Å². The molecule has 0 aliphatic heterocycles. The van der Waals surface area contributed by atoms with E-state index in [2.05, 4.69) is 174 Å². The summed E-state index contributed by atoms with van der Waals surface area (Å²) in [6.07, 6.45) is 0. The van der Waals surface area contributed by atoms with E-state index in [1.165, 1.54) is 71.2 Å². The molecule has 54 heavy (non-hydrogen) atoms. The minimum Gasteiger partial charge on any atom is -0.436 e. The van der Waals surface area contributed by atoms with E-state index in [0.29, 0.717) is 5.89 Å². The van der Waals surface area contributed by atoms with Crippen LogP contribution in [0.1, 0.15) is 0 Å². The Bertz CT molecular complexity index is 3160. The van der Waals surface area contributed by atoms with Crippen molar-refractivity contribution in [1.82, 2.24) is 9.55 Å². The molecule has 0 radical (unpaired) electrons. The minimum absolute atomic E-state index is 0.634. The van der Waals surface area contributed by atoms with Crippen molar-refractivity contribution in [2.45, 2.75) is 0 Å². The first-order valence-electron chi connectivity index (χ1n) is 18.4. The molecule has 252 valence electrons.